The molecule has 3 N–H and O–H groups in total. The Morgan fingerprint density at radius 1 is 1.15 bits per heavy atom. The van der Waals surface area contributed by atoms with Gasteiger partial charge >= 0.3 is 6.09 Å². The molecule has 1 rings (SSSR count). The highest BCUT2D eigenvalue weighted by Gasteiger charge is 2.16. The van der Waals surface area contributed by atoms with Gasteiger partial charge in [-0.2, -0.15) is 0 Å². The minimum absolute atomic E-state index is 0.167. The molecule has 0 radical (unpaired) electrons. The smallest absolute Gasteiger partial charge is 0.408 e. The summed E-state index contributed by atoms with van der Waals surface area (Å²) in [5, 5.41) is 7.88. The Hall–Kier alpha value is -2.83. The lowest BCUT2D eigenvalue weighted by Crippen LogP contribution is -2.37. The summed E-state index contributed by atoms with van der Waals surface area (Å²) in [7, 11) is 0. The number of alkyl carbamates (subject to hydrolysis) is 1. The fourth-order valence-electron chi connectivity index (χ4n) is 1.96. The molecule has 0 saturated carbocycles. The van der Waals surface area contributed by atoms with E-state index in [1.807, 2.05) is 26.0 Å². The molecule has 1 aromatic carbocycles. The summed E-state index contributed by atoms with van der Waals surface area (Å²) in [6.45, 7) is 9.37. The van der Waals surface area contributed by atoms with Gasteiger partial charge in [0.2, 0.25) is 11.8 Å². The Morgan fingerprint density at radius 3 is 2.48 bits per heavy atom. The predicted octanol–water partition coefficient (Wildman–Crippen LogP) is 2.98. The lowest BCUT2D eigenvalue weighted by molar-refractivity contribution is -0.117. The lowest BCUT2D eigenvalue weighted by Gasteiger charge is -2.19. The normalized spacial score (nSPS) is 11.3. The van der Waals surface area contributed by atoms with E-state index in [2.05, 4.69) is 16.0 Å². The van der Waals surface area contributed by atoms with Gasteiger partial charge in [0.15, 0.2) is 0 Å². The van der Waals surface area contributed by atoms with Crippen LogP contribution in [0.1, 0.15) is 40.2 Å². The van der Waals surface area contributed by atoms with Gasteiger partial charge in [0.05, 0.1) is 0 Å². The number of hydrogen-bond acceptors (Lipinski definition) is 4. The van der Waals surface area contributed by atoms with Gasteiger partial charge in [-0.25, -0.2) is 4.79 Å². The quantitative estimate of drug-likeness (QED) is 0.638. The number of nitrogens with one attached hydrogen (secondary N) is 3. The summed E-state index contributed by atoms with van der Waals surface area (Å²) in [6.07, 6.45) is 2.69. The zero-order chi connectivity index (χ0) is 20.4. The van der Waals surface area contributed by atoms with Gasteiger partial charge in [-0.3, -0.25) is 9.59 Å². The standard InChI is InChI=1S/C20H29N3O4/c1-14(2)9-10-17(24)21-12-15-7-6-8-16(11-15)23-18(25)13-22-19(26)27-20(3,4)5/h6-11,14H,12-13H2,1-5H3,(H,21,24)(H,22,26)(H,23,25)/b10-9+. The largest absolute Gasteiger partial charge is 0.444 e. The highest BCUT2D eigenvalue weighted by molar-refractivity contribution is 5.94. The molecule has 0 spiro atoms. The van der Waals surface area contributed by atoms with Crippen LogP contribution < -0.4 is 16.0 Å². The molecule has 0 aliphatic carbocycles. The van der Waals surface area contributed by atoms with Gasteiger partial charge < -0.3 is 20.7 Å². The monoisotopic (exact) mass is 375 g/mol. The van der Waals surface area contributed by atoms with Crippen molar-refractivity contribution in [2.45, 2.75) is 46.8 Å². The maximum atomic E-state index is 11.9. The molecule has 7 nitrogen and oxygen atoms in total. The highest BCUT2D eigenvalue weighted by atomic mass is 16.6. The number of ether oxygens (including phenoxy) is 1. The van der Waals surface area contributed by atoms with E-state index in [-0.39, 0.29) is 18.4 Å². The van der Waals surface area contributed by atoms with Crippen LogP contribution in [-0.4, -0.2) is 30.1 Å². The van der Waals surface area contributed by atoms with Crippen LogP contribution in [0.15, 0.2) is 36.4 Å². The fraction of sp³-hybridized carbons (Fsp3) is 0.450. The average molecular weight is 375 g/mol. The van der Waals surface area contributed by atoms with Crippen LogP contribution in [0.5, 0.6) is 0 Å². The van der Waals surface area contributed by atoms with Crippen molar-refractivity contribution < 1.29 is 19.1 Å². The lowest BCUT2D eigenvalue weighted by atomic mass is 10.2. The van der Waals surface area contributed by atoms with Crippen molar-refractivity contribution in [2.75, 3.05) is 11.9 Å². The highest BCUT2D eigenvalue weighted by Crippen LogP contribution is 2.10. The first-order valence-corrected chi connectivity index (χ1v) is 8.87. The molecule has 0 bridgehead atoms. The van der Waals surface area contributed by atoms with E-state index < -0.39 is 11.7 Å². The Morgan fingerprint density at radius 2 is 1.85 bits per heavy atom. The fourth-order valence-corrected chi connectivity index (χ4v) is 1.96. The third-order valence-corrected chi connectivity index (χ3v) is 3.10. The van der Waals surface area contributed by atoms with Crippen molar-refractivity contribution in [1.82, 2.24) is 10.6 Å². The van der Waals surface area contributed by atoms with Gasteiger partial charge in [-0.05, 0) is 50.5 Å². The maximum Gasteiger partial charge on any atom is 0.408 e. The third-order valence-electron chi connectivity index (χ3n) is 3.10. The first kappa shape index (κ1) is 22.2. The molecule has 0 fully saturated rings. The number of hydrogen-bond donors (Lipinski definition) is 3. The molecule has 0 heterocycles. The topological polar surface area (TPSA) is 96.5 Å². The van der Waals surface area contributed by atoms with Crippen LogP contribution in [0.3, 0.4) is 0 Å². The van der Waals surface area contributed by atoms with Crippen molar-refractivity contribution in [3.8, 4) is 0 Å². The minimum Gasteiger partial charge on any atom is -0.444 e. The van der Waals surface area contributed by atoms with E-state index in [0.29, 0.717) is 18.2 Å². The van der Waals surface area contributed by atoms with Gasteiger partial charge in [0.25, 0.3) is 0 Å². The van der Waals surface area contributed by atoms with Crippen LogP contribution in [0, 0.1) is 5.92 Å². The Labute approximate surface area is 160 Å². The van der Waals surface area contributed by atoms with E-state index in [0.717, 1.165) is 5.56 Å². The second-order valence-corrected chi connectivity index (χ2v) is 7.42. The molecule has 0 atom stereocenters. The van der Waals surface area contributed by atoms with Crippen molar-refractivity contribution >= 4 is 23.6 Å². The molecule has 0 aromatic heterocycles. The van der Waals surface area contributed by atoms with E-state index in [9.17, 15) is 14.4 Å². The van der Waals surface area contributed by atoms with Crippen molar-refractivity contribution in [2.24, 2.45) is 5.92 Å². The summed E-state index contributed by atoms with van der Waals surface area (Å²) in [4.78, 5) is 35.2. The first-order valence-electron chi connectivity index (χ1n) is 8.87. The molecule has 27 heavy (non-hydrogen) atoms. The molecule has 0 saturated heterocycles. The van der Waals surface area contributed by atoms with Crippen LogP contribution >= 0.6 is 0 Å². The van der Waals surface area contributed by atoms with Crippen molar-refractivity contribution in [1.29, 1.82) is 0 Å². The van der Waals surface area contributed by atoms with Gasteiger partial charge in [0, 0.05) is 12.2 Å². The van der Waals surface area contributed by atoms with Crippen LogP contribution in [-0.2, 0) is 20.9 Å². The van der Waals surface area contributed by atoms with E-state index >= 15 is 0 Å². The zero-order valence-electron chi connectivity index (χ0n) is 16.6. The Bertz CT molecular complexity index is 691. The second-order valence-electron chi connectivity index (χ2n) is 7.42. The number of anilines is 1. The second kappa shape index (κ2) is 10.4. The molecule has 3 amide bonds. The summed E-state index contributed by atoms with van der Waals surface area (Å²) < 4.78 is 5.07. The predicted molar refractivity (Wildman–Crippen MR) is 105 cm³/mol. The molecule has 0 aliphatic rings. The number of rotatable bonds is 7. The third kappa shape index (κ3) is 10.7. The minimum atomic E-state index is -0.649. The van der Waals surface area contributed by atoms with Crippen LogP contribution in [0.4, 0.5) is 10.5 Å². The number of benzene rings is 1. The molecule has 1 aromatic rings. The molecule has 0 unspecified atom stereocenters. The zero-order valence-corrected chi connectivity index (χ0v) is 16.6. The van der Waals surface area contributed by atoms with E-state index in [4.69, 9.17) is 4.74 Å². The Balaban J connectivity index is 2.48. The average Bonchev–Trinajstić information content (AvgIpc) is 2.55. The number of carbonyl (C=O) groups excluding carboxylic acids is 3. The van der Waals surface area contributed by atoms with Crippen LogP contribution in [0.2, 0.25) is 0 Å². The van der Waals surface area contributed by atoms with E-state index in [1.165, 1.54) is 6.08 Å². The molecular formula is C20H29N3O4. The summed E-state index contributed by atoms with van der Waals surface area (Å²) in [5.74, 6) is -0.231. The van der Waals surface area contributed by atoms with Gasteiger partial charge in [-0.1, -0.05) is 32.1 Å². The number of allylic oxidation sites excluding steroid dienone is 1. The summed E-state index contributed by atoms with van der Waals surface area (Å²) in [5.41, 5.74) is 0.804. The first-order chi connectivity index (χ1) is 12.5. The van der Waals surface area contributed by atoms with Crippen molar-refractivity contribution in [3.05, 3.63) is 42.0 Å². The molecule has 7 heteroatoms. The summed E-state index contributed by atoms with van der Waals surface area (Å²) in [6, 6.07) is 7.12. The summed E-state index contributed by atoms with van der Waals surface area (Å²) >= 11 is 0. The van der Waals surface area contributed by atoms with Crippen LogP contribution in [0.25, 0.3) is 0 Å². The number of carbonyl (C=O) groups is 3. The maximum absolute atomic E-state index is 11.9. The van der Waals surface area contributed by atoms with Gasteiger partial charge in [0.1, 0.15) is 12.1 Å². The Kier molecular flexibility index (Phi) is 8.51. The molecule has 0 aliphatic heterocycles. The van der Waals surface area contributed by atoms with Crippen molar-refractivity contribution in [3.63, 3.8) is 0 Å². The molecular weight excluding hydrogens is 346 g/mol. The van der Waals surface area contributed by atoms with E-state index in [1.54, 1.807) is 39.0 Å². The van der Waals surface area contributed by atoms with Gasteiger partial charge in [-0.15, -0.1) is 0 Å². The molecule has 148 valence electrons. The number of amides is 3. The SMILES string of the molecule is CC(C)/C=C/C(=O)NCc1cccc(NC(=O)CNC(=O)OC(C)(C)C)c1.